The highest BCUT2D eigenvalue weighted by molar-refractivity contribution is 5.57. The number of hydrogen-bond donors (Lipinski definition) is 0. The van der Waals surface area contributed by atoms with Crippen molar-refractivity contribution in [2.45, 2.75) is 45.4 Å². The van der Waals surface area contributed by atoms with Gasteiger partial charge in [0.15, 0.2) is 5.65 Å². The molecule has 4 aromatic rings. The molecule has 0 unspecified atom stereocenters. The van der Waals surface area contributed by atoms with Crippen LogP contribution in [0.25, 0.3) is 11.2 Å². The van der Waals surface area contributed by atoms with Crippen LogP contribution < -0.4 is 0 Å². The van der Waals surface area contributed by atoms with E-state index in [9.17, 15) is 0 Å². The van der Waals surface area contributed by atoms with Crippen molar-refractivity contribution in [3.8, 4) is 0 Å². The van der Waals surface area contributed by atoms with E-state index in [4.69, 9.17) is 0 Å². The number of fused-ring (bicyclic) bond motifs is 2. The number of aromatic nitrogens is 5. The molecule has 0 aliphatic rings. The van der Waals surface area contributed by atoms with Gasteiger partial charge in [-0.05, 0) is 41.7 Å². The average molecular weight is 333 g/mol. The summed E-state index contributed by atoms with van der Waals surface area (Å²) >= 11 is 0. The van der Waals surface area contributed by atoms with E-state index in [1.165, 1.54) is 11.1 Å². The molecule has 128 valence electrons. The zero-order chi connectivity index (χ0) is 17.6. The lowest BCUT2D eigenvalue weighted by Gasteiger charge is -2.24. The first kappa shape index (κ1) is 15.8. The summed E-state index contributed by atoms with van der Waals surface area (Å²) in [4.78, 5) is 0. The molecule has 4 heterocycles. The van der Waals surface area contributed by atoms with Gasteiger partial charge in [-0.2, -0.15) is 5.10 Å². The maximum atomic E-state index is 4.49. The molecular weight excluding hydrogens is 310 g/mol. The molecule has 4 rings (SSSR count). The fourth-order valence-electron chi connectivity index (χ4n) is 3.52. The molecule has 5 heteroatoms. The van der Waals surface area contributed by atoms with Crippen LogP contribution in [0.1, 0.15) is 50.6 Å². The minimum Gasteiger partial charge on any atom is -0.286 e. The molecule has 25 heavy (non-hydrogen) atoms. The molecule has 0 aromatic carbocycles. The van der Waals surface area contributed by atoms with Crippen molar-refractivity contribution in [2.75, 3.05) is 0 Å². The van der Waals surface area contributed by atoms with Crippen LogP contribution in [0.15, 0.2) is 48.9 Å². The van der Waals surface area contributed by atoms with Gasteiger partial charge < -0.3 is 0 Å². The second kappa shape index (κ2) is 5.69. The Morgan fingerprint density at radius 2 is 1.92 bits per heavy atom. The zero-order valence-corrected chi connectivity index (χ0v) is 15.1. The van der Waals surface area contributed by atoms with Crippen LogP contribution in [-0.2, 0) is 11.8 Å². The lowest BCUT2D eigenvalue weighted by molar-refractivity contribution is 0.526. The maximum Gasteiger partial charge on any atom is 0.161 e. The molecule has 4 aromatic heterocycles. The monoisotopic (exact) mass is 333 g/mol. The van der Waals surface area contributed by atoms with Gasteiger partial charge in [0.2, 0.25) is 0 Å². The predicted octanol–water partition coefficient (Wildman–Crippen LogP) is 4.02. The summed E-state index contributed by atoms with van der Waals surface area (Å²) in [6, 6.07) is 10.5. The quantitative estimate of drug-likeness (QED) is 0.567. The molecule has 0 atom stereocenters. The number of nitrogens with zero attached hydrogens (tertiary/aromatic N) is 5. The van der Waals surface area contributed by atoms with Gasteiger partial charge >= 0.3 is 0 Å². The predicted molar refractivity (Wildman–Crippen MR) is 99.0 cm³/mol. The highest BCUT2D eigenvalue weighted by Crippen LogP contribution is 2.31. The molecule has 0 bridgehead atoms. The Balaban J connectivity index is 1.70. The summed E-state index contributed by atoms with van der Waals surface area (Å²) in [5.74, 6) is 1.36. The first-order valence-electron chi connectivity index (χ1n) is 8.72. The van der Waals surface area contributed by atoms with Crippen LogP contribution >= 0.6 is 0 Å². The molecular formula is C20H23N5. The van der Waals surface area contributed by atoms with Crippen LogP contribution in [0, 0.1) is 0 Å². The van der Waals surface area contributed by atoms with E-state index in [0.717, 1.165) is 23.4 Å². The van der Waals surface area contributed by atoms with Gasteiger partial charge in [0, 0.05) is 23.9 Å². The fraction of sp³-hybridized carbons (Fsp3) is 0.350. The third-order valence-corrected chi connectivity index (χ3v) is 4.82. The van der Waals surface area contributed by atoms with Gasteiger partial charge in [-0.25, -0.2) is 4.52 Å². The highest BCUT2D eigenvalue weighted by atomic mass is 15.2. The molecule has 0 aliphatic carbocycles. The molecule has 5 nitrogen and oxygen atoms in total. The minimum absolute atomic E-state index is 0.0255. The smallest absolute Gasteiger partial charge is 0.161 e. The van der Waals surface area contributed by atoms with Gasteiger partial charge in [-0.15, -0.1) is 10.2 Å². The largest absolute Gasteiger partial charge is 0.286 e. The van der Waals surface area contributed by atoms with E-state index in [-0.39, 0.29) is 5.41 Å². The molecule has 0 fully saturated rings. The minimum atomic E-state index is -0.0255. The summed E-state index contributed by atoms with van der Waals surface area (Å²) in [5.41, 5.74) is 4.57. The van der Waals surface area contributed by atoms with Gasteiger partial charge in [-0.1, -0.05) is 33.8 Å². The van der Waals surface area contributed by atoms with Crippen LogP contribution in [0.3, 0.4) is 0 Å². The molecule has 0 aliphatic heterocycles. The van der Waals surface area contributed by atoms with Crippen LogP contribution in [0.2, 0.25) is 0 Å². The Kier molecular flexibility index (Phi) is 3.60. The molecule has 0 amide bonds. The third kappa shape index (κ3) is 2.69. The van der Waals surface area contributed by atoms with Crippen LogP contribution in [-0.4, -0.2) is 24.2 Å². The lowest BCUT2D eigenvalue weighted by Crippen LogP contribution is -2.20. The zero-order valence-electron chi connectivity index (χ0n) is 15.1. The van der Waals surface area contributed by atoms with E-state index in [1.54, 1.807) is 0 Å². The number of rotatable bonds is 4. The topological polar surface area (TPSA) is 47.5 Å². The Morgan fingerprint density at radius 1 is 1.08 bits per heavy atom. The molecule has 0 saturated carbocycles. The van der Waals surface area contributed by atoms with Crippen molar-refractivity contribution in [2.24, 2.45) is 0 Å². The van der Waals surface area contributed by atoms with Gasteiger partial charge in [0.1, 0.15) is 5.82 Å². The van der Waals surface area contributed by atoms with E-state index in [0.29, 0.717) is 5.92 Å². The maximum absolute atomic E-state index is 4.49. The van der Waals surface area contributed by atoms with Crippen molar-refractivity contribution in [3.05, 3.63) is 65.9 Å². The normalized spacial score (nSPS) is 12.5. The third-order valence-electron chi connectivity index (χ3n) is 4.82. The van der Waals surface area contributed by atoms with E-state index in [2.05, 4.69) is 77.9 Å². The van der Waals surface area contributed by atoms with Gasteiger partial charge in [0.25, 0.3) is 0 Å². The Hall–Kier alpha value is -2.69. The van der Waals surface area contributed by atoms with Crippen molar-refractivity contribution in [1.29, 1.82) is 0 Å². The Bertz CT molecular complexity index is 1040. The average Bonchev–Trinajstić information content (AvgIpc) is 3.18. The number of pyridine rings is 2. The number of hydrogen-bond acceptors (Lipinski definition) is 3. The highest BCUT2D eigenvalue weighted by Gasteiger charge is 2.25. The molecule has 0 spiro atoms. The van der Waals surface area contributed by atoms with Crippen LogP contribution in [0.5, 0.6) is 0 Å². The summed E-state index contributed by atoms with van der Waals surface area (Å²) in [7, 11) is 0. The standard InChI is InChI=1S/C20H23N5/c1-14(2)19-23-22-18-11-15(8-10-24(18)19)12-20(3,4)16-13-21-25-9-6-5-7-17(16)25/h5-11,13-14H,12H2,1-4H3. The first-order valence-corrected chi connectivity index (χ1v) is 8.72. The first-order chi connectivity index (χ1) is 12.0. The van der Waals surface area contributed by atoms with Gasteiger partial charge in [-0.3, -0.25) is 4.40 Å². The summed E-state index contributed by atoms with van der Waals surface area (Å²) in [5, 5.41) is 13.2. The van der Waals surface area contributed by atoms with Gasteiger partial charge in [0.05, 0.1) is 11.7 Å². The summed E-state index contributed by atoms with van der Waals surface area (Å²) < 4.78 is 4.02. The van der Waals surface area contributed by atoms with Crippen molar-refractivity contribution >= 4 is 11.2 Å². The second-order valence-electron chi connectivity index (χ2n) is 7.63. The molecule has 0 saturated heterocycles. The van der Waals surface area contributed by atoms with Crippen molar-refractivity contribution < 1.29 is 0 Å². The summed E-state index contributed by atoms with van der Waals surface area (Å²) in [6.07, 6.45) is 6.99. The van der Waals surface area contributed by atoms with E-state index in [1.807, 2.05) is 23.0 Å². The Labute approximate surface area is 147 Å². The van der Waals surface area contributed by atoms with E-state index < -0.39 is 0 Å². The lowest BCUT2D eigenvalue weighted by atomic mass is 9.80. The van der Waals surface area contributed by atoms with E-state index >= 15 is 0 Å². The molecule has 0 N–H and O–H groups in total. The SMILES string of the molecule is CC(C)c1nnc2cc(CC(C)(C)c3cnn4ccccc34)ccn12. The Morgan fingerprint density at radius 3 is 2.72 bits per heavy atom. The van der Waals surface area contributed by atoms with Crippen LogP contribution in [0.4, 0.5) is 0 Å². The fourth-order valence-corrected chi connectivity index (χ4v) is 3.52. The molecule has 0 radical (unpaired) electrons. The summed E-state index contributed by atoms with van der Waals surface area (Å²) in [6.45, 7) is 8.81. The van der Waals surface area contributed by atoms with Crippen molar-refractivity contribution in [1.82, 2.24) is 24.2 Å². The second-order valence-corrected chi connectivity index (χ2v) is 7.63. The van der Waals surface area contributed by atoms with Crippen molar-refractivity contribution in [3.63, 3.8) is 0 Å².